The molecule has 1 aromatic carbocycles. The van der Waals surface area contributed by atoms with E-state index in [1.54, 1.807) is 11.8 Å². The van der Waals surface area contributed by atoms with Gasteiger partial charge in [-0.05, 0) is 12.1 Å². The number of benzene rings is 1. The van der Waals surface area contributed by atoms with Gasteiger partial charge >= 0.3 is 0 Å². The Kier molecular flexibility index (Phi) is 4.06. The predicted octanol–water partition coefficient (Wildman–Crippen LogP) is 3.20. The van der Waals surface area contributed by atoms with Crippen LogP contribution in [0.15, 0.2) is 42.1 Å². The van der Waals surface area contributed by atoms with Crippen LogP contribution >= 0.6 is 11.8 Å². The standard InChI is InChI=1S/C15H17N5S/c1-3-9-20-14(4-2)18-19-15(20)21-10-13-16-11-7-5-6-8-12(11)17-13/h3,5-8H,1,4,9-10H2,2H3,(H,16,17). The Morgan fingerprint density at radius 3 is 2.95 bits per heavy atom. The van der Waals surface area contributed by atoms with Crippen molar-refractivity contribution in [1.29, 1.82) is 0 Å². The summed E-state index contributed by atoms with van der Waals surface area (Å²) in [7, 11) is 0. The Morgan fingerprint density at radius 2 is 2.19 bits per heavy atom. The Morgan fingerprint density at radius 1 is 1.33 bits per heavy atom. The first kappa shape index (κ1) is 13.9. The van der Waals surface area contributed by atoms with E-state index in [1.165, 1.54) is 0 Å². The second-order valence-corrected chi connectivity index (χ2v) is 5.58. The molecular formula is C15H17N5S. The third kappa shape index (κ3) is 2.85. The predicted molar refractivity (Wildman–Crippen MR) is 85.3 cm³/mol. The quantitative estimate of drug-likeness (QED) is 0.561. The summed E-state index contributed by atoms with van der Waals surface area (Å²) in [6, 6.07) is 8.04. The number of thioether (sulfide) groups is 1. The molecule has 0 bridgehead atoms. The van der Waals surface area contributed by atoms with Gasteiger partial charge in [0.15, 0.2) is 5.16 Å². The van der Waals surface area contributed by atoms with E-state index in [0.717, 1.165) is 46.6 Å². The maximum atomic E-state index is 4.58. The fourth-order valence-electron chi connectivity index (χ4n) is 2.21. The molecule has 0 saturated heterocycles. The molecule has 0 spiro atoms. The van der Waals surface area contributed by atoms with Crippen LogP contribution in [0.2, 0.25) is 0 Å². The number of aryl methyl sites for hydroxylation is 1. The van der Waals surface area contributed by atoms with Crippen LogP contribution in [0.5, 0.6) is 0 Å². The molecule has 0 radical (unpaired) electrons. The number of allylic oxidation sites excluding steroid dienone is 1. The minimum absolute atomic E-state index is 0.735. The van der Waals surface area contributed by atoms with Crippen LogP contribution in [0.3, 0.4) is 0 Å². The molecule has 108 valence electrons. The fraction of sp³-hybridized carbons (Fsp3) is 0.267. The van der Waals surface area contributed by atoms with E-state index in [9.17, 15) is 0 Å². The second kappa shape index (κ2) is 6.13. The van der Waals surface area contributed by atoms with E-state index >= 15 is 0 Å². The van der Waals surface area contributed by atoms with E-state index in [0.29, 0.717) is 0 Å². The summed E-state index contributed by atoms with van der Waals surface area (Å²) in [5, 5.41) is 9.39. The number of aromatic nitrogens is 5. The van der Waals surface area contributed by atoms with Crippen molar-refractivity contribution in [2.75, 3.05) is 0 Å². The maximum absolute atomic E-state index is 4.58. The number of hydrogen-bond acceptors (Lipinski definition) is 4. The first-order valence-corrected chi connectivity index (χ1v) is 7.89. The molecule has 6 heteroatoms. The Bertz CT molecular complexity index is 725. The van der Waals surface area contributed by atoms with Crippen LogP contribution in [0.4, 0.5) is 0 Å². The average molecular weight is 299 g/mol. The first-order valence-electron chi connectivity index (χ1n) is 6.91. The summed E-state index contributed by atoms with van der Waals surface area (Å²) < 4.78 is 2.10. The summed E-state index contributed by atoms with van der Waals surface area (Å²) >= 11 is 1.64. The molecule has 5 nitrogen and oxygen atoms in total. The highest BCUT2D eigenvalue weighted by molar-refractivity contribution is 7.98. The molecule has 3 rings (SSSR count). The summed E-state index contributed by atoms with van der Waals surface area (Å²) in [6.07, 6.45) is 2.74. The molecule has 0 saturated carbocycles. The molecule has 0 aliphatic rings. The lowest BCUT2D eigenvalue weighted by molar-refractivity contribution is 0.685. The number of imidazole rings is 1. The lowest BCUT2D eigenvalue weighted by Gasteiger charge is -2.05. The smallest absolute Gasteiger partial charge is 0.191 e. The van der Waals surface area contributed by atoms with E-state index in [2.05, 4.69) is 38.2 Å². The van der Waals surface area contributed by atoms with Crippen molar-refractivity contribution in [3.05, 3.63) is 48.6 Å². The Labute approximate surface area is 127 Å². The Balaban J connectivity index is 1.78. The van der Waals surface area contributed by atoms with Gasteiger partial charge in [0.25, 0.3) is 0 Å². The van der Waals surface area contributed by atoms with E-state index in [-0.39, 0.29) is 0 Å². The monoisotopic (exact) mass is 299 g/mol. The molecule has 3 aromatic rings. The zero-order chi connectivity index (χ0) is 14.7. The van der Waals surface area contributed by atoms with Gasteiger partial charge in [-0.25, -0.2) is 4.98 Å². The van der Waals surface area contributed by atoms with E-state index in [4.69, 9.17) is 0 Å². The van der Waals surface area contributed by atoms with Gasteiger partial charge in [0.05, 0.1) is 16.8 Å². The summed E-state index contributed by atoms with van der Waals surface area (Å²) in [5.41, 5.74) is 2.06. The number of aromatic amines is 1. The molecule has 21 heavy (non-hydrogen) atoms. The molecule has 0 aliphatic heterocycles. The summed E-state index contributed by atoms with van der Waals surface area (Å²) in [6.45, 7) is 6.61. The number of nitrogens with one attached hydrogen (secondary N) is 1. The normalized spacial score (nSPS) is 11.1. The van der Waals surface area contributed by atoms with Crippen molar-refractivity contribution >= 4 is 22.8 Å². The average Bonchev–Trinajstić information content (AvgIpc) is 3.08. The molecule has 0 atom stereocenters. The van der Waals surface area contributed by atoms with Gasteiger partial charge in [-0.3, -0.25) is 0 Å². The number of nitrogens with zero attached hydrogens (tertiary/aromatic N) is 4. The largest absolute Gasteiger partial charge is 0.341 e. The van der Waals surface area contributed by atoms with E-state index < -0.39 is 0 Å². The minimum atomic E-state index is 0.735. The van der Waals surface area contributed by atoms with E-state index in [1.807, 2.05) is 30.3 Å². The van der Waals surface area contributed by atoms with Gasteiger partial charge in [-0.2, -0.15) is 0 Å². The summed E-state index contributed by atoms with van der Waals surface area (Å²) in [4.78, 5) is 7.90. The van der Waals surface area contributed by atoms with Gasteiger partial charge < -0.3 is 9.55 Å². The number of H-pyrrole nitrogens is 1. The molecule has 0 unspecified atom stereocenters. The van der Waals surface area contributed by atoms with Gasteiger partial charge in [-0.1, -0.05) is 36.9 Å². The van der Waals surface area contributed by atoms with Crippen molar-refractivity contribution in [1.82, 2.24) is 24.7 Å². The van der Waals surface area contributed by atoms with Crippen molar-refractivity contribution in [2.45, 2.75) is 30.8 Å². The highest BCUT2D eigenvalue weighted by atomic mass is 32.2. The van der Waals surface area contributed by atoms with Gasteiger partial charge in [0.2, 0.25) is 0 Å². The van der Waals surface area contributed by atoms with Crippen molar-refractivity contribution < 1.29 is 0 Å². The highest BCUT2D eigenvalue weighted by Crippen LogP contribution is 2.22. The summed E-state index contributed by atoms with van der Waals surface area (Å²) in [5.74, 6) is 2.68. The van der Waals surface area contributed by atoms with Crippen LogP contribution in [-0.2, 0) is 18.7 Å². The molecular weight excluding hydrogens is 282 g/mol. The van der Waals surface area contributed by atoms with Crippen molar-refractivity contribution in [3.8, 4) is 0 Å². The topological polar surface area (TPSA) is 59.4 Å². The van der Waals surface area contributed by atoms with Crippen LogP contribution in [0.25, 0.3) is 11.0 Å². The zero-order valence-electron chi connectivity index (χ0n) is 11.9. The van der Waals surface area contributed by atoms with Crippen molar-refractivity contribution in [3.63, 3.8) is 0 Å². The first-order chi connectivity index (χ1) is 10.3. The van der Waals surface area contributed by atoms with Gasteiger partial charge in [-0.15, -0.1) is 16.8 Å². The number of para-hydroxylation sites is 2. The van der Waals surface area contributed by atoms with Crippen LogP contribution in [-0.4, -0.2) is 24.7 Å². The molecule has 0 aliphatic carbocycles. The third-order valence-electron chi connectivity index (χ3n) is 3.20. The lowest BCUT2D eigenvalue weighted by Crippen LogP contribution is -2.02. The number of hydrogen-bond donors (Lipinski definition) is 1. The molecule has 0 amide bonds. The highest BCUT2D eigenvalue weighted by Gasteiger charge is 2.11. The number of rotatable bonds is 6. The fourth-order valence-corrected chi connectivity index (χ4v) is 3.04. The second-order valence-electron chi connectivity index (χ2n) is 4.64. The zero-order valence-corrected chi connectivity index (χ0v) is 12.7. The minimum Gasteiger partial charge on any atom is -0.341 e. The lowest BCUT2D eigenvalue weighted by atomic mass is 10.3. The van der Waals surface area contributed by atoms with Crippen LogP contribution in [0, 0.1) is 0 Å². The molecule has 2 heterocycles. The Hall–Kier alpha value is -2.08. The van der Waals surface area contributed by atoms with Crippen LogP contribution in [0.1, 0.15) is 18.6 Å². The maximum Gasteiger partial charge on any atom is 0.191 e. The molecule has 0 fully saturated rings. The third-order valence-corrected chi connectivity index (χ3v) is 4.18. The SMILES string of the molecule is C=CCn1c(CC)nnc1SCc1nc2ccccc2[nH]1. The van der Waals surface area contributed by atoms with Gasteiger partial charge in [0.1, 0.15) is 11.6 Å². The molecule has 1 N–H and O–H groups in total. The number of fused-ring (bicyclic) bond motifs is 1. The van der Waals surface area contributed by atoms with Gasteiger partial charge in [0, 0.05) is 13.0 Å². The van der Waals surface area contributed by atoms with Crippen LogP contribution < -0.4 is 0 Å². The van der Waals surface area contributed by atoms with Crippen molar-refractivity contribution in [2.24, 2.45) is 0 Å². The molecule has 2 aromatic heterocycles.